The Kier molecular flexibility index (Phi) is 5.73. The van der Waals surface area contributed by atoms with Crippen LogP contribution in [0, 0.1) is 5.41 Å². The molecule has 0 bridgehead atoms. The molecule has 2 aromatic carbocycles. The van der Waals surface area contributed by atoms with Gasteiger partial charge in [-0.05, 0) is 47.2 Å². The maximum absolute atomic E-state index is 13.0. The number of hydrogen-bond acceptors (Lipinski definition) is 3. The van der Waals surface area contributed by atoms with Gasteiger partial charge in [-0.25, -0.2) is 4.79 Å². The molecule has 0 aliphatic carbocycles. The molecular formula is C23H26N2O4. The number of carboxylic acid groups (broad SMARTS) is 1. The first kappa shape index (κ1) is 20.6. The molecule has 1 unspecified atom stereocenters. The summed E-state index contributed by atoms with van der Waals surface area (Å²) in [4.78, 5) is 38.6. The predicted octanol–water partition coefficient (Wildman–Crippen LogP) is 3.29. The zero-order valence-corrected chi connectivity index (χ0v) is 16.9. The SMILES string of the molecule is CC(C)(C)CNC(=O)c1ccc(C(=O)N2CCc3ccccc3C2C(=O)O)cc1. The highest BCUT2D eigenvalue weighted by atomic mass is 16.4. The Morgan fingerprint density at radius 2 is 1.66 bits per heavy atom. The van der Waals surface area contributed by atoms with Crippen molar-refractivity contribution in [3.63, 3.8) is 0 Å². The largest absolute Gasteiger partial charge is 0.479 e. The van der Waals surface area contributed by atoms with Crippen LogP contribution < -0.4 is 5.32 Å². The molecule has 1 aliphatic rings. The van der Waals surface area contributed by atoms with E-state index in [9.17, 15) is 19.5 Å². The highest BCUT2D eigenvalue weighted by Gasteiger charge is 2.36. The lowest BCUT2D eigenvalue weighted by Crippen LogP contribution is -2.43. The van der Waals surface area contributed by atoms with Crippen molar-refractivity contribution in [2.24, 2.45) is 5.41 Å². The monoisotopic (exact) mass is 394 g/mol. The van der Waals surface area contributed by atoms with Crippen LogP contribution in [-0.4, -0.2) is 40.9 Å². The number of carbonyl (C=O) groups excluding carboxylic acids is 2. The van der Waals surface area contributed by atoms with Gasteiger partial charge in [0.2, 0.25) is 0 Å². The number of benzene rings is 2. The average Bonchev–Trinajstić information content (AvgIpc) is 2.70. The normalized spacial score (nSPS) is 16.1. The molecule has 0 saturated carbocycles. The summed E-state index contributed by atoms with van der Waals surface area (Å²) in [6.45, 7) is 6.97. The molecule has 152 valence electrons. The number of amides is 2. The number of nitrogens with one attached hydrogen (secondary N) is 1. The molecule has 2 amide bonds. The molecule has 0 spiro atoms. The van der Waals surface area contributed by atoms with Gasteiger partial charge in [-0.3, -0.25) is 9.59 Å². The molecule has 1 aliphatic heterocycles. The van der Waals surface area contributed by atoms with Crippen molar-refractivity contribution < 1.29 is 19.5 Å². The molecular weight excluding hydrogens is 368 g/mol. The number of carboxylic acids is 1. The van der Waals surface area contributed by atoms with Crippen molar-refractivity contribution in [3.05, 3.63) is 70.8 Å². The van der Waals surface area contributed by atoms with Crippen LogP contribution >= 0.6 is 0 Å². The molecule has 0 fully saturated rings. The van der Waals surface area contributed by atoms with Crippen LogP contribution in [0.3, 0.4) is 0 Å². The molecule has 6 nitrogen and oxygen atoms in total. The molecule has 1 heterocycles. The predicted molar refractivity (Wildman–Crippen MR) is 110 cm³/mol. The van der Waals surface area contributed by atoms with Gasteiger partial charge in [-0.15, -0.1) is 0 Å². The van der Waals surface area contributed by atoms with Crippen molar-refractivity contribution in [2.45, 2.75) is 33.2 Å². The van der Waals surface area contributed by atoms with Crippen LogP contribution in [0.1, 0.15) is 58.7 Å². The third kappa shape index (κ3) is 4.65. The third-order valence-electron chi connectivity index (χ3n) is 4.95. The summed E-state index contributed by atoms with van der Waals surface area (Å²) >= 11 is 0. The first-order chi connectivity index (χ1) is 13.7. The quantitative estimate of drug-likeness (QED) is 0.833. The van der Waals surface area contributed by atoms with Crippen molar-refractivity contribution in [1.82, 2.24) is 10.2 Å². The van der Waals surface area contributed by atoms with Crippen molar-refractivity contribution >= 4 is 17.8 Å². The van der Waals surface area contributed by atoms with Gasteiger partial charge >= 0.3 is 5.97 Å². The lowest BCUT2D eigenvalue weighted by Gasteiger charge is -2.34. The van der Waals surface area contributed by atoms with Crippen LogP contribution in [-0.2, 0) is 11.2 Å². The summed E-state index contributed by atoms with van der Waals surface area (Å²) in [5.41, 5.74) is 2.40. The topological polar surface area (TPSA) is 86.7 Å². The van der Waals surface area contributed by atoms with Gasteiger partial charge in [-0.1, -0.05) is 45.0 Å². The van der Waals surface area contributed by atoms with Crippen LogP contribution in [0.25, 0.3) is 0 Å². The minimum Gasteiger partial charge on any atom is -0.479 e. The molecule has 0 saturated heterocycles. The molecule has 6 heteroatoms. The second kappa shape index (κ2) is 8.07. The summed E-state index contributed by atoms with van der Waals surface area (Å²) in [5.74, 6) is -1.61. The molecule has 2 N–H and O–H groups in total. The van der Waals surface area contributed by atoms with Crippen molar-refractivity contribution in [3.8, 4) is 0 Å². The number of carbonyl (C=O) groups is 3. The Morgan fingerprint density at radius 3 is 2.28 bits per heavy atom. The van der Waals surface area contributed by atoms with Gasteiger partial charge in [0, 0.05) is 24.2 Å². The Morgan fingerprint density at radius 1 is 1.03 bits per heavy atom. The highest BCUT2D eigenvalue weighted by molar-refractivity contribution is 5.99. The fourth-order valence-corrected chi connectivity index (χ4v) is 3.43. The molecule has 3 rings (SSSR count). The zero-order valence-electron chi connectivity index (χ0n) is 16.9. The van der Waals surface area contributed by atoms with Crippen molar-refractivity contribution in [2.75, 3.05) is 13.1 Å². The zero-order chi connectivity index (χ0) is 21.2. The lowest BCUT2D eigenvalue weighted by atomic mass is 9.92. The molecule has 1 atom stereocenters. The number of nitrogens with zero attached hydrogens (tertiary/aromatic N) is 1. The van der Waals surface area contributed by atoms with Crippen LogP contribution in [0.15, 0.2) is 48.5 Å². The van der Waals surface area contributed by atoms with E-state index in [1.165, 1.54) is 4.90 Å². The van der Waals surface area contributed by atoms with E-state index in [1.807, 2.05) is 32.9 Å². The fourth-order valence-electron chi connectivity index (χ4n) is 3.43. The summed E-state index contributed by atoms with van der Waals surface area (Å²) < 4.78 is 0. The van der Waals surface area contributed by atoms with Gasteiger partial charge in [0.1, 0.15) is 0 Å². The minimum absolute atomic E-state index is 0.0258. The fraction of sp³-hybridized carbons (Fsp3) is 0.348. The van der Waals surface area contributed by atoms with Gasteiger partial charge in [0.15, 0.2) is 6.04 Å². The van der Waals surface area contributed by atoms with Crippen LogP contribution in [0.5, 0.6) is 0 Å². The molecule has 29 heavy (non-hydrogen) atoms. The number of rotatable bonds is 4. The Bertz CT molecular complexity index is 929. The summed E-state index contributed by atoms with van der Waals surface area (Å²) in [5, 5.41) is 12.6. The van der Waals surface area contributed by atoms with E-state index in [4.69, 9.17) is 0 Å². The number of aliphatic carboxylic acids is 1. The third-order valence-corrected chi connectivity index (χ3v) is 4.95. The van der Waals surface area contributed by atoms with Gasteiger partial charge in [0.05, 0.1) is 0 Å². The van der Waals surface area contributed by atoms with Gasteiger partial charge in [-0.2, -0.15) is 0 Å². The maximum Gasteiger partial charge on any atom is 0.331 e. The van der Waals surface area contributed by atoms with E-state index < -0.39 is 12.0 Å². The first-order valence-electron chi connectivity index (χ1n) is 9.67. The smallest absolute Gasteiger partial charge is 0.331 e. The van der Waals surface area contributed by atoms with Gasteiger partial charge in [0.25, 0.3) is 11.8 Å². The Balaban J connectivity index is 1.78. The molecule has 0 radical (unpaired) electrons. The maximum atomic E-state index is 13.0. The van der Waals surface area contributed by atoms with E-state index in [0.717, 1.165) is 5.56 Å². The van der Waals surface area contributed by atoms with Crippen LogP contribution in [0.4, 0.5) is 0 Å². The molecule has 2 aromatic rings. The highest BCUT2D eigenvalue weighted by Crippen LogP contribution is 2.31. The standard InChI is InChI=1S/C23H26N2O4/c1-23(2,3)14-24-20(26)16-8-10-17(11-9-16)21(27)25-13-12-15-6-4-5-7-18(15)19(25)22(28)29/h4-11,19H,12-14H2,1-3H3,(H,24,26)(H,28,29). The summed E-state index contributed by atoms with van der Waals surface area (Å²) in [7, 11) is 0. The van der Waals surface area contributed by atoms with E-state index in [0.29, 0.717) is 36.2 Å². The van der Waals surface area contributed by atoms with Crippen LogP contribution in [0.2, 0.25) is 0 Å². The van der Waals surface area contributed by atoms with E-state index in [-0.39, 0.29) is 17.2 Å². The number of hydrogen-bond donors (Lipinski definition) is 2. The second-order valence-corrected chi connectivity index (χ2v) is 8.51. The van der Waals surface area contributed by atoms with E-state index >= 15 is 0 Å². The summed E-state index contributed by atoms with van der Waals surface area (Å²) in [6.07, 6.45) is 0.610. The van der Waals surface area contributed by atoms with E-state index in [2.05, 4.69) is 5.32 Å². The molecule has 0 aromatic heterocycles. The second-order valence-electron chi connectivity index (χ2n) is 8.51. The number of fused-ring (bicyclic) bond motifs is 1. The minimum atomic E-state index is -1.05. The van der Waals surface area contributed by atoms with Gasteiger partial charge < -0.3 is 15.3 Å². The lowest BCUT2D eigenvalue weighted by molar-refractivity contribution is -0.143. The average molecular weight is 394 g/mol. The Labute approximate surface area is 170 Å². The van der Waals surface area contributed by atoms with Crippen molar-refractivity contribution in [1.29, 1.82) is 0 Å². The van der Waals surface area contributed by atoms with E-state index in [1.54, 1.807) is 36.4 Å². The summed E-state index contributed by atoms with van der Waals surface area (Å²) in [6, 6.07) is 12.7. The Hall–Kier alpha value is -3.15. The first-order valence-corrected chi connectivity index (χ1v) is 9.67.